The second-order valence-corrected chi connectivity index (χ2v) is 4.92. The van der Waals surface area contributed by atoms with E-state index in [-0.39, 0.29) is 10.0 Å². The molecule has 0 radical (unpaired) electrons. The Morgan fingerprint density at radius 1 is 1.30 bits per heavy atom. The summed E-state index contributed by atoms with van der Waals surface area (Å²) in [5, 5.41) is 0. The molecule has 1 aliphatic heterocycles. The van der Waals surface area contributed by atoms with E-state index in [1.54, 1.807) is 0 Å². The molecular formula is C12H11BrF3NO3. The first-order valence-electron chi connectivity index (χ1n) is 5.80. The number of amides is 1. The summed E-state index contributed by atoms with van der Waals surface area (Å²) >= 11 is 3.10. The number of alkyl halides is 3. The number of hydrogen-bond donors (Lipinski definition) is 0. The molecule has 110 valence electrons. The van der Waals surface area contributed by atoms with Crippen molar-refractivity contribution in [3.63, 3.8) is 0 Å². The van der Waals surface area contributed by atoms with Gasteiger partial charge >= 0.3 is 6.36 Å². The lowest BCUT2D eigenvalue weighted by molar-refractivity contribution is -0.274. The van der Waals surface area contributed by atoms with Crippen molar-refractivity contribution < 1.29 is 27.4 Å². The largest absolute Gasteiger partial charge is 0.573 e. The maximum absolute atomic E-state index is 12.4. The molecular weight excluding hydrogens is 343 g/mol. The average molecular weight is 354 g/mol. The molecule has 0 bridgehead atoms. The summed E-state index contributed by atoms with van der Waals surface area (Å²) in [5.74, 6) is -1.02. The van der Waals surface area contributed by atoms with E-state index in [0.717, 1.165) is 6.07 Å². The molecule has 1 aliphatic rings. The van der Waals surface area contributed by atoms with Gasteiger partial charge in [-0.3, -0.25) is 4.79 Å². The predicted octanol–water partition coefficient (Wildman–Crippen LogP) is 2.82. The van der Waals surface area contributed by atoms with Gasteiger partial charge in [0.1, 0.15) is 5.75 Å². The normalized spacial score (nSPS) is 16.1. The van der Waals surface area contributed by atoms with Crippen LogP contribution in [-0.4, -0.2) is 43.5 Å². The fourth-order valence-electron chi connectivity index (χ4n) is 1.85. The summed E-state index contributed by atoms with van der Waals surface area (Å²) in [6.07, 6.45) is -4.85. The van der Waals surface area contributed by atoms with E-state index in [0.29, 0.717) is 26.3 Å². The maximum atomic E-state index is 12.4. The van der Waals surface area contributed by atoms with Crippen molar-refractivity contribution in [3.8, 4) is 5.75 Å². The molecule has 0 unspecified atom stereocenters. The molecule has 1 fully saturated rings. The summed E-state index contributed by atoms with van der Waals surface area (Å²) in [4.78, 5) is 13.8. The number of nitrogens with zero attached hydrogens (tertiary/aromatic N) is 1. The Morgan fingerprint density at radius 2 is 1.95 bits per heavy atom. The van der Waals surface area contributed by atoms with E-state index in [1.807, 2.05) is 0 Å². The molecule has 0 saturated carbocycles. The first-order valence-corrected chi connectivity index (χ1v) is 6.59. The van der Waals surface area contributed by atoms with Crippen LogP contribution in [0.25, 0.3) is 0 Å². The van der Waals surface area contributed by atoms with Crippen molar-refractivity contribution in [2.24, 2.45) is 0 Å². The van der Waals surface area contributed by atoms with Crippen molar-refractivity contribution in [2.75, 3.05) is 26.3 Å². The molecule has 2 rings (SSSR count). The summed E-state index contributed by atoms with van der Waals surface area (Å²) in [6, 6.07) is 3.99. The van der Waals surface area contributed by atoms with Crippen LogP contribution in [0, 0.1) is 0 Å². The highest BCUT2D eigenvalue weighted by atomic mass is 79.9. The summed E-state index contributed by atoms with van der Waals surface area (Å²) in [5.41, 5.74) is -0.133. The van der Waals surface area contributed by atoms with Gasteiger partial charge in [-0.2, -0.15) is 0 Å². The lowest BCUT2D eigenvalue weighted by Crippen LogP contribution is -2.41. The number of carbonyl (C=O) groups excluding carboxylic acids is 1. The van der Waals surface area contributed by atoms with Crippen LogP contribution in [0.15, 0.2) is 22.7 Å². The molecule has 1 heterocycles. The van der Waals surface area contributed by atoms with Gasteiger partial charge in [0, 0.05) is 17.6 Å². The number of ether oxygens (including phenoxy) is 2. The minimum absolute atomic E-state index is 0.133. The van der Waals surface area contributed by atoms with Gasteiger partial charge in [0.2, 0.25) is 0 Å². The lowest BCUT2D eigenvalue weighted by Gasteiger charge is -2.28. The molecule has 8 heteroatoms. The van der Waals surface area contributed by atoms with Crippen molar-refractivity contribution >= 4 is 21.8 Å². The van der Waals surface area contributed by atoms with Gasteiger partial charge in [0.15, 0.2) is 0 Å². The lowest BCUT2D eigenvalue weighted by atomic mass is 10.1. The minimum atomic E-state index is -4.85. The zero-order chi connectivity index (χ0) is 14.8. The highest BCUT2D eigenvalue weighted by Crippen LogP contribution is 2.32. The Bertz CT molecular complexity index is 501. The van der Waals surface area contributed by atoms with Crippen molar-refractivity contribution in [1.82, 2.24) is 4.90 Å². The van der Waals surface area contributed by atoms with Crippen LogP contribution in [0.3, 0.4) is 0 Å². The van der Waals surface area contributed by atoms with Gasteiger partial charge in [-0.05, 0) is 28.1 Å². The molecule has 1 saturated heterocycles. The molecule has 4 nitrogen and oxygen atoms in total. The monoisotopic (exact) mass is 353 g/mol. The molecule has 0 aromatic heterocycles. The zero-order valence-corrected chi connectivity index (χ0v) is 11.8. The Balaban J connectivity index is 2.31. The van der Waals surface area contributed by atoms with Crippen molar-refractivity contribution in [1.29, 1.82) is 0 Å². The van der Waals surface area contributed by atoms with Crippen LogP contribution in [0.1, 0.15) is 10.4 Å². The highest BCUT2D eigenvalue weighted by Gasteiger charge is 2.34. The van der Waals surface area contributed by atoms with Crippen LogP contribution in [0.2, 0.25) is 0 Å². The Morgan fingerprint density at radius 3 is 2.55 bits per heavy atom. The minimum Gasteiger partial charge on any atom is -0.405 e. The second-order valence-electron chi connectivity index (χ2n) is 4.07. The van der Waals surface area contributed by atoms with Crippen LogP contribution >= 0.6 is 15.9 Å². The smallest absolute Gasteiger partial charge is 0.405 e. The zero-order valence-electron chi connectivity index (χ0n) is 10.2. The molecule has 0 aliphatic carbocycles. The van der Waals surface area contributed by atoms with E-state index in [2.05, 4.69) is 20.7 Å². The van der Waals surface area contributed by atoms with Gasteiger partial charge in [-0.1, -0.05) is 6.07 Å². The second kappa shape index (κ2) is 6.01. The number of rotatable bonds is 2. The van der Waals surface area contributed by atoms with E-state index < -0.39 is 18.0 Å². The van der Waals surface area contributed by atoms with Gasteiger partial charge in [-0.15, -0.1) is 13.2 Å². The molecule has 1 amide bonds. The van der Waals surface area contributed by atoms with Crippen LogP contribution in [0.5, 0.6) is 5.75 Å². The summed E-state index contributed by atoms with van der Waals surface area (Å²) in [7, 11) is 0. The van der Waals surface area contributed by atoms with Crippen LogP contribution in [0.4, 0.5) is 13.2 Å². The molecule has 0 N–H and O–H groups in total. The Labute approximate surface area is 121 Å². The van der Waals surface area contributed by atoms with E-state index in [4.69, 9.17) is 4.74 Å². The first-order chi connectivity index (χ1) is 9.38. The van der Waals surface area contributed by atoms with E-state index in [9.17, 15) is 18.0 Å². The third-order valence-electron chi connectivity index (χ3n) is 2.71. The fourth-order valence-corrected chi connectivity index (χ4v) is 2.36. The first kappa shape index (κ1) is 15.1. The maximum Gasteiger partial charge on any atom is 0.573 e. The van der Waals surface area contributed by atoms with Gasteiger partial charge < -0.3 is 14.4 Å². The SMILES string of the molecule is O=C(c1c(Br)cccc1OC(F)(F)F)N1CCOCC1. The molecule has 1 aromatic rings. The fraction of sp³-hybridized carbons (Fsp3) is 0.417. The topological polar surface area (TPSA) is 38.8 Å². The predicted molar refractivity (Wildman–Crippen MR) is 67.5 cm³/mol. The number of morpholine rings is 1. The Kier molecular flexibility index (Phi) is 4.54. The number of halogens is 4. The number of hydrogen-bond acceptors (Lipinski definition) is 3. The quantitative estimate of drug-likeness (QED) is 0.820. The summed E-state index contributed by atoms with van der Waals surface area (Å²) in [6.45, 7) is 1.41. The third kappa shape index (κ3) is 3.63. The number of benzene rings is 1. The molecule has 0 atom stereocenters. The summed E-state index contributed by atoms with van der Waals surface area (Å²) < 4.78 is 46.4. The Hall–Kier alpha value is -1.28. The molecule has 20 heavy (non-hydrogen) atoms. The third-order valence-corrected chi connectivity index (χ3v) is 3.37. The standard InChI is InChI=1S/C12H11BrF3NO3/c13-8-2-1-3-9(20-12(14,15)16)10(8)11(18)17-4-6-19-7-5-17/h1-3H,4-7H2. The van der Waals surface area contributed by atoms with Crippen molar-refractivity contribution in [2.45, 2.75) is 6.36 Å². The van der Waals surface area contributed by atoms with Crippen LogP contribution < -0.4 is 4.74 Å². The van der Waals surface area contributed by atoms with Gasteiger partial charge in [0.05, 0.1) is 18.8 Å². The van der Waals surface area contributed by atoms with Crippen LogP contribution in [-0.2, 0) is 4.74 Å². The van der Waals surface area contributed by atoms with E-state index >= 15 is 0 Å². The highest BCUT2D eigenvalue weighted by molar-refractivity contribution is 9.10. The van der Waals surface area contributed by atoms with E-state index in [1.165, 1.54) is 17.0 Å². The van der Waals surface area contributed by atoms with Crippen molar-refractivity contribution in [3.05, 3.63) is 28.2 Å². The molecule has 0 spiro atoms. The number of carbonyl (C=O) groups is 1. The van der Waals surface area contributed by atoms with Gasteiger partial charge in [-0.25, -0.2) is 0 Å². The average Bonchev–Trinajstić information content (AvgIpc) is 2.37. The molecule has 1 aromatic carbocycles. The van der Waals surface area contributed by atoms with Gasteiger partial charge in [0.25, 0.3) is 5.91 Å².